The summed E-state index contributed by atoms with van der Waals surface area (Å²) in [5, 5.41) is 0. The Morgan fingerprint density at radius 1 is 0.231 bits per heavy atom. The zero-order valence-corrected chi connectivity index (χ0v) is 77.2. The summed E-state index contributed by atoms with van der Waals surface area (Å²) in [5.41, 5.74) is 41.8. The van der Waals surface area contributed by atoms with Gasteiger partial charge in [0.2, 0.25) is 0 Å². The van der Waals surface area contributed by atoms with Crippen molar-refractivity contribution in [3.8, 4) is 0 Å². The predicted octanol–water partition coefficient (Wildman–Crippen LogP) is -2.36. The maximum atomic E-state index is 13.1. The van der Waals surface area contributed by atoms with Crippen LogP contribution >= 0.6 is 78.2 Å². The van der Waals surface area contributed by atoms with Crippen LogP contribution in [0.3, 0.4) is 0 Å². The first-order valence-corrected chi connectivity index (χ1v) is 42.2. The molecule has 68 heteroatoms. The summed E-state index contributed by atoms with van der Waals surface area (Å²) in [5.74, 6) is -12.6. The van der Waals surface area contributed by atoms with Crippen LogP contribution in [0.5, 0.6) is 0 Å². The van der Waals surface area contributed by atoms with Gasteiger partial charge in [-0.3, -0.25) is 45.7 Å². The van der Waals surface area contributed by atoms with Gasteiger partial charge in [0.05, 0.1) is 119 Å². The molecule has 0 spiro atoms. The molecule has 611 valence electrons. The van der Waals surface area contributed by atoms with Gasteiger partial charge in [0.15, 0.2) is 0 Å². The molecule has 11 N–H and O–H groups in total. The number of hydrogen-bond acceptors (Lipinski definition) is 42. The van der Waals surface area contributed by atoms with E-state index in [0.29, 0.717) is 0 Å². The Hall–Kier alpha value is 5.98. The van der Waals surface area contributed by atoms with Crippen molar-refractivity contribution in [2.45, 2.75) is 0 Å². The van der Waals surface area contributed by atoms with Crippen molar-refractivity contribution in [2.75, 3.05) is 178 Å². The first kappa shape index (κ1) is 121. The number of rotatable bonds is 67. The van der Waals surface area contributed by atoms with Crippen molar-refractivity contribution in [3.63, 3.8) is 0 Å². The molecule has 0 aromatic heterocycles. The third-order valence-corrected chi connectivity index (χ3v) is 19.7. The average molecular weight is 2100 g/mol. The monoisotopic (exact) mass is 2100 g/mol. The van der Waals surface area contributed by atoms with Crippen LogP contribution < -0.4 is 71.1 Å². The summed E-state index contributed by atoms with van der Waals surface area (Å²) in [7, 11) is -53.8. The summed E-state index contributed by atoms with van der Waals surface area (Å²) in [6, 6.07) is 0. The van der Waals surface area contributed by atoms with Crippen molar-refractivity contribution in [1.82, 2.24) is 22.2 Å². The number of hydrogen-bond donors (Lipinski definition) is 6. The van der Waals surface area contributed by atoms with Gasteiger partial charge in [-0.05, 0) is 29.6 Å². The van der Waals surface area contributed by atoms with Crippen LogP contribution in [0.1, 0.15) is 0 Å². The van der Waals surface area contributed by atoms with Crippen LogP contribution in [-0.2, 0) is 291 Å². The molecule has 0 aromatic rings. The van der Waals surface area contributed by atoms with Gasteiger partial charge in [-0.2, -0.15) is 22.2 Å². The molecule has 0 heterocycles. The van der Waals surface area contributed by atoms with Gasteiger partial charge in [-0.15, -0.1) is 50.6 Å². The summed E-state index contributed by atoms with van der Waals surface area (Å²) in [6.45, 7) is -25.1. The Balaban J connectivity index is -0.00000480. The molecular weight excluding hydrogens is 2030 g/mol. The minimum absolute atomic E-state index is 0. The smallest absolute Gasteiger partial charge is 0.267 e. The van der Waals surface area contributed by atoms with Gasteiger partial charge < -0.3 is 169 Å². The van der Waals surface area contributed by atoms with Crippen LogP contribution in [-0.4, -0.2) is 188 Å². The second-order valence-electron chi connectivity index (χ2n) is 20.0. The number of halogens is 4. The van der Waals surface area contributed by atoms with Crippen molar-refractivity contribution in [2.24, 2.45) is 53.3 Å². The predicted molar refractivity (Wildman–Crippen MR) is 301 cm³/mol. The fraction of sp³-hybridized carbons (Fsp3) is 1.00. The van der Waals surface area contributed by atoms with Crippen LogP contribution in [0.2, 0.25) is 0 Å². The Morgan fingerprint density at radius 3 is 0.413 bits per heavy atom. The van der Waals surface area contributed by atoms with Crippen molar-refractivity contribution in [3.05, 3.63) is 28.7 Å². The average Bonchev–Trinajstić information content (AvgIpc) is 0.898. The quantitative estimate of drug-likeness (QED) is 0.0211. The molecule has 0 amide bonds. The summed E-state index contributed by atoms with van der Waals surface area (Å²) in [4.78, 5) is 138. The first-order valence-electron chi connectivity index (χ1n) is 27.5. The fourth-order valence-corrected chi connectivity index (χ4v) is 13.5. The second kappa shape index (κ2) is 63.0. The number of nitrogens with one attached hydrogen (secondary N) is 9. The molecule has 0 aliphatic heterocycles. The molecule has 0 saturated carbocycles. The largest absolute Gasteiger partial charge is 0.756 e. The molecular formula is C36H74F4N9O40P10Y5-15. The third kappa shape index (κ3) is 66.8. The van der Waals surface area contributed by atoms with Crippen LogP contribution in [0.4, 0.5) is 17.9 Å². The number of phosphoric ester groups is 10. The molecule has 0 bridgehead atoms. The maximum Gasteiger partial charge on any atom is 0.267 e. The van der Waals surface area contributed by atoms with Gasteiger partial charge in [0, 0.05) is 213 Å². The standard InChI is InChI=1S/C36H84F4N9O40P10.5Y/c37-46-6-33(20-82-92(56,57)74-12-28(1-41)10-72-90(50,51)52)22-84-94(60,61)76-14-30(3-43)16-78-96(64,65)86-24-35(8-48-39)26-88-98(68,69)80-18-32(5-45)19-81-99(70,71)89-27-36(9-49-40)25-87-97(66,67)79-17-31(4-44)15-77-95(62,63)85-23-34(7-47-38)21-83-93(58,59)75-13-29(2-42)11-73-91(53,54)55;;;;;/h28-36,41-49H,1-27H2,(H,56,57)(H,58,59)(H,60,61)(H,62,63)(H,64,65)(H,66,67)(H,68,69)(H,70,71)(H2,50,51,52)(H2,53,54,55);;;;;/q-5;;;;;/p-10. The maximum absolute atomic E-state index is 13.1. The van der Waals surface area contributed by atoms with E-state index in [4.69, 9.17) is 38.5 Å². The van der Waals surface area contributed by atoms with Crippen LogP contribution in [0, 0.1) is 53.3 Å². The van der Waals surface area contributed by atoms with Gasteiger partial charge in [0.25, 0.3) is 78.2 Å². The van der Waals surface area contributed by atoms with E-state index in [1.807, 2.05) is 0 Å². The molecule has 18 unspecified atom stereocenters. The molecule has 49 nitrogen and oxygen atoms in total. The van der Waals surface area contributed by atoms with Crippen LogP contribution in [0.15, 0.2) is 0 Å². The van der Waals surface area contributed by atoms with E-state index < -0.39 is 309 Å². The molecule has 104 heavy (non-hydrogen) atoms. The van der Waals surface area contributed by atoms with Gasteiger partial charge in [-0.1, -0.05) is 0 Å². The fourth-order valence-electron chi connectivity index (χ4n) is 5.77. The SMILES string of the molecule is [NH-]CC(COP(=O)([O-])O)COP(=O)([O-])OCC(CNF)COP(=O)([O-])OCC(C[NH-])COP(=O)([O-])OCC(CNF)COP(=O)([O-])OCC(C[NH-])COP(=O)([O-])OCC(CNF)COP(=O)([O-])OCC(C[NH-])COP(=O)([O-])OCC(CNF)COP(=O)([O-])OCC(C[NH-])COP(=O)([O-])O.[Y].[Y].[Y].[Y].[Y]. The minimum Gasteiger partial charge on any atom is -0.756 e. The molecule has 0 aliphatic carbocycles. The van der Waals surface area contributed by atoms with E-state index in [1.54, 1.807) is 0 Å². The van der Waals surface area contributed by atoms with Gasteiger partial charge in [0.1, 0.15) is 0 Å². The molecule has 0 aromatic carbocycles. The van der Waals surface area contributed by atoms with E-state index in [0.717, 1.165) is 22.2 Å². The Morgan fingerprint density at radius 2 is 0.327 bits per heavy atom. The molecule has 18 atom stereocenters. The first-order chi connectivity index (χ1) is 45.8. The van der Waals surface area contributed by atoms with Gasteiger partial charge >= 0.3 is 0 Å². The van der Waals surface area contributed by atoms with E-state index in [-0.39, 0.29) is 164 Å². The molecule has 0 rings (SSSR count). The van der Waals surface area contributed by atoms with Crippen molar-refractivity contribution in [1.29, 1.82) is 0 Å². The topological polar surface area (TPSA) is 775 Å². The Labute approximate surface area is 719 Å². The zero-order chi connectivity index (χ0) is 75.8. The Bertz CT molecular complexity index is 2600. The molecule has 0 fully saturated rings. The third-order valence-electron chi connectivity index (χ3n) is 11.3. The van der Waals surface area contributed by atoms with Crippen molar-refractivity contribution < 1.29 is 367 Å². The second-order valence-corrected chi connectivity index (χ2v) is 33.7. The molecule has 0 saturated heterocycles. The van der Waals surface area contributed by atoms with Gasteiger partial charge in [-0.25, -0.2) is 0 Å². The van der Waals surface area contributed by atoms with Crippen molar-refractivity contribution >= 4 is 78.2 Å². The minimum atomic E-state index is -5.50. The van der Waals surface area contributed by atoms with E-state index in [1.165, 1.54) is 0 Å². The summed E-state index contributed by atoms with van der Waals surface area (Å²) < 4.78 is 254. The summed E-state index contributed by atoms with van der Waals surface area (Å²) >= 11 is 0. The summed E-state index contributed by atoms with van der Waals surface area (Å²) in [6.07, 6.45) is 0. The number of phosphoric acid groups is 10. The molecule has 5 radical (unpaired) electrons. The van der Waals surface area contributed by atoms with E-state index >= 15 is 0 Å². The van der Waals surface area contributed by atoms with E-state index in [9.17, 15) is 113 Å². The van der Waals surface area contributed by atoms with Crippen LogP contribution in [0.25, 0.3) is 28.7 Å². The Kier molecular flexibility index (Phi) is 73.2. The van der Waals surface area contributed by atoms with E-state index in [2.05, 4.69) is 81.4 Å². The normalized spacial score (nSPS) is 20.4. The zero-order valence-electron chi connectivity index (χ0n) is 54.1. The molecule has 0 aliphatic rings.